The van der Waals surface area contributed by atoms with E-state index in [0.717, 1.165) is 23.2 Å². The van der Waals surface area contributed by atoms with Crippen LogP contribution >= 0.6 is 0 Å². The summed E-state index contributed by atoms with van der Waals surface area (Å²) in [5.74, 6) is 0.551. The summed E-state index contributed by atoms with van der Waals surface area (Å²) in [4.78, 5) is 20.9. The SMILES string of the molecule is Cc1ccc(-c2ncon2)cc1NC(=O)c1cnc2ccccn12.O=S1(=O)CCCN1. The van der Waals surface area contributed by atoms with Crippen LogP contribution in [0.1, 0.15) is 22.5 Å². The zero-order valence-electron chi connectivity index (χ0n) is 16.6. The molecule has 0 saturated carbocycles. The number of anilines is 1. The van der Waals surface area contributed by atoms with Crippen molar-refractivity contribution in [3.63, 3.8) is 0 Å². The van der Waals surface area contributed by atoms with Crippen LogP contribution in [0.3, 0.4) is 0 Å². The average Bonchev–Trinajstić information content (AvgIpc) is 3.50. The fourth-order valence-electron chi connectivity index (χ4n) is 3.04. The molecule has 4 aromatic rings. The van der Waals surface area contributed by atoms with E-state index >= 15 is 0 Å². The van der Waals surface area contributed by atoms with E-state index in [9.17, 15) is 13.2 Å². The first-order valence-corrected chi connectivity index (χ1v) is 11.2. The van der Waals surface area contributed by atoms with Gasteiger partial charge in [-0.15, -0.1) is 0 Å². The molecule has 0 unspecified atom stereocenters. The van der Waals surface area contributed by atoms with E-state index in [-0.39, 0.29) is 5.91 Å². The lowest BCUT2D eigenvalue weighted by Gasteiger charge is -2.09. The molecule has 1 saturated heterocycles. The summed E-state index contributed by atoms with van der Waals surface area (Å²) in [6.45, 7) is 2.55. The third-order valence-corrected chi connectivity index (χ3v) is 6.14. The Kier molecular flexibility index (Phi) is 5.78. The molecule has 2 N–H and O–H groups in total. The number of aryl methyl sites for hydroxylation is 1. The minimum atomic E-state index is -2.80. The van der Waals surface area contributed by atoms with Gasteiger partial charge in [0, 0.05) is 24.0 Å². The van der Waals surface area contributed by atoms with E-state index in [4.69, 9.17) is 4.52 Å². The van der Waals surface area contributed by atoms with E-state index in [1.165, 1.54) is 6.39 Å². The highest BCUT2D eigenvalue weighted by atomic mass is 32.2. The number of hydrogen-bond acceptors (Lipinski definition) is 7. The van der Waals surface area contributed by atoms with Crippen LogP contribution in [0.25, 0.3) is 17.0 Å². The Labute approximate surface area is 178 Å². The normalized spacial score (nSPS) is 14.7. The maximum absolute atomic E-state index is 12.6. The van der Waals surface area contributed by atoms with Crippen LogP contribution in [0.2, 0.25) is 0 Å². The molecule has 3 aromatic heterocycles. The van der Waals surface area contributed by atoms with Crippen LogP contribution in [0.4, 0.5) is 5.69 Å². The van der Waals surface area contributed by atoms with Crippen molar-refractivity contribution in [2.24, 2.45) is 0 Å². The summed E-state index contributed by atoms with van der Waals surface area (Å²) in [6.07, 6.45) is 5.40. The summed E-state index contributed by atoms with van der Waals surface area (Å²) >= 11 is 0. The molecule has 1 fully saturated rings. The number of carbonyl (C=O) groups is 1. The Bertz CT molecular complexity index is 1300. The lowest BCUT2D eigenvalue weighted by atomic mass is 10.1. The first-order valence-electron chi connectivity index (χ1n) is 9.51. The Morgan fingerprint density at radius 2 is 2.10 bits per heavy atom. The predicted molar refractivity (Wildman–Crippen MR) is 114 cm³/mol. The van der Waals surface area contributed by atoms with Crippen LogP contribution in [0.15, 0.2) is 59.7 Å². The predicted octanol–water partition coefficient (Wildman–Crippen LogP) is 2.25. The second kappa shape index (κ2) is 8.66. The first kappa shape index (κ1) is 20.7. The zero-order chi connectivity index (χ0) is 21.8. The second-order valence-corrected chi connectivity index (χ2v) is 8.80. The zero-order valence-corrected chi connectivity index (χ0v) is 17.5. The number of imidazole rings is 1. The number of aromatic nitrogens is 4. The number of carbonyl (C=O) groups excluding carboxylic acids is 1. The molecule has 4 heterocycles. The van der Waals surface area contributed by atoms with Gasteiger partial charge in [-0.3, -0.25) is 9.20 Å². The molecule has 1 amide bonds. The van der Waals surface area contributed by atoms with Crippen molar-refractivity contribution >= 4 is 27.3 Å². The van der Waals surface area contributed by atoms with Gasteiger partial charge < -0.3 is 9.84 Å². The van der Waals surface area contributed by atoms with Crippen molar-refractivity contribution in [1.82, 2.24) is 24.2 Å². The van der Waals surface area contributed by atoms with E-state index in [2.05, 4.69) is 25.2 Å². The van der Waals surface area contributed by atoms with E-state index in [1.54, 1.807) is 16.8 Å². The van der Waals surface area contributed by atoms with Gasteiger partial charge in [0.1, 0.15) is 11.3 Å². The van der Waals surface area contributed by atoms with Crippen LogP contribution in [-0.4, -0.2) is 46.1 Å². The number of hydrogen-bond donors (Lipinski definition) is 2. The van der Waals surface area contributed by atoms with E-state index in [0.29, 0.717) is 29.5 Å². The molecule has 5 rings (SSSR count). The monoisotopic (exact) mass is 440 g/mol. The van der Waals surface area contributed by atoms with E-state index < -0.39 is 10.0 Å². The van der Waals surface area contributed by atoms with Crippen LogP contribution in [0.5, 0.6) is 0 Å². The molecule has 1 aromatic carbocycles. The lowest BCUT2D eigenvalue weighted by molar-refractivity contribution is 0.102. The van der Waals surface area contributed by atoms with Gasteiger partial charge in [-0.25, -0.2) is 18.1 Å². The number of pyridine rings is 1. The van der Waals surface area contributed by atoms with Crippen molar-refractivity contribution < 1.29 is 17.7 Å². The number of benzene rings is 1. The Hall–Kier alpha value is -3.57. The van der Waals surface area contributed by atoms with Gasteiger partial charge in [0.2, 0.25) is 22.2 Å². The number of fused-ring (bicyclic) bond motifs is 1. The molecule has 1 aliphatic rings. The summed E-state index contributed by atoms with van der Waals surface area (Å²) in [7, 11) is -2.80. The second-order valence-electron chi connectivity index (χ2n) is 6.88. The highest BCUT2D eigenvalue weighted by Crippen LogP contribution is 2.23. The van der Waals surface area contributed by atoms with Gasteiger partial charge >= 0.3 is 0 Å². The Balaban J connectivity index is 0.000000282. The molecule has 0 spiro atoms. The maximum Gasteiger partial charge on any atom is 0.274 e. The summed E-state index contributed by atoms with van der Waals surface area (Å²) < 4.78 is 29.5. The van der Waals surface area contributed by atoms with E-state index in [1.807, 2.05) is 43.3 Å². The van der Waals surface area contributed by atoms with Crippen molar-refractivity contribution in [3.05, 3.63) is 66.4 Å². The number of rotatable bonds is 3. The van der Waals surface area contributed by atoms with Gasteiger partial charge in [0.15, 0.2) is 0 Å². The minimum absolute atomic E-state index is 0.234. The standard InChI is InChI=1S/C17H13N5O2.C3H7NO2S/c1-11-5-6-12(16-19-10-24-21-16)8-13(11)20-17(23)14-9-18-15-4-2-3-7-22(14)15;5-7(6)3-1-2-4-7/h2-10H,1H3,(H,20,23);4H,1-3H2. The van der Waals surface area contributed by atoms with Gasteiger partial charge in [0.05, 0.1) is 11.9 Å². The molecule has 0 radical (unpaired) electrons. The molecular weight excluding hydrogens is 420 g/mol. The molecule has 11 heteroatoms. The van der Waals surface area contributed by atoms with Gasteiger partial charge in [-0.1, -0.05) is 23.4 Å². The van der Waals surface area contributed by atoms with Crippen molar-refractivity contribution in [3.8, 4) is 11.4 Å². The van der Waals surface area contributed by atoms with Gasteiger partial charge in [-0.2, -0.15) is 4.98 Å². The topological polar surface area (TPSA) is 131 Å². The molecule has 31 heavy (non-hydrogen) atoms. The molecule has 1 aliphatic heterocycles. The lowest BCUT2D eigenvalue weighted by Crippen LogP contribution is -2.15. The van der Waals surface area contributed by atoms with Crippen molar-refractivity contribution in [2.45, 2.75) is 13.3 Å². The minimum Gasteiger partial charge on any atom is -0.342 e. The smallest absolute Gasteiger partial charge is 0.274 e. The fourth-order valence-corrected chi connectivity index (χ4v) is 4.17. The Morgan fingerprint density at radius 1 is 1.23 bits per heavy atom. The average molecular weight is 440 g/mol. The molecule has 160 valence electrons. The highest BCUT2D eigenvalue weighted by Gasteiger charge is 2.15. The van der Waals surface area contributed by atoms with Gasteiger partial charge in [-0.05, 0) is 37.1 Å². The van der Waals surface area contributed by atoms with Crippen LogP contribution in [0, 0.1) is 6.92 Å². The number of amides is 1. The van der Waals surface area contributed by atoms with Crippen molar-refractivity contribution in [2.75, 3.05) is 17.6 Å². The van der Waals surface area contributed by atoms with Crippen LogP contribution in [-0.2, 0) is 10.0 Å². The largest absolute Gasteiger partial charge is 0.342 e. The third kappa shape index (κ3) is 4.78. The van der Waals surface area contributed by atoms with Crippen LogP contribution < -0.4 is 10.0 Å². The maximum atomic E-state index is 12.6. The summed E-state index contributed by atoms with van der Waals surface area (Å²) in [6, 6.07) is 11.2. The summed E-state index contributed by atoms with van der Waals surface area (Å²) in [5, 5.41) is 6.74. The number of nitrogens with one attached hydrogen (secondary N) is 2. The molecule has 0 aliphatic carbocycles. The molecule has 10 nitrogen and oxygen atoms in total. The molecule has 0 bridgehead atoms. The molecular formula is C20H20N6O4S. The third-order valence-electron chi connectivity index (χ3n) is 4.67. The van der Waals surface area contributed by atoms with Gasteiger partial charge in [0.25, 0.3) is 5.91 Å². The summed E-state index contributed by atoms with van der Waals surface area (Å²) in [5.41, 5.74) is 3.58. The number of nitrogens with zero attached hydrogens (tertiary/aromatic N) is 4. The first-order chi connectivity index (χ1) is 14.9. The van der Waals surface area contributed by atoms with Crippen molar-refractivity contribution in [1.29, 1.82) is 0 Å². The Morgan fingerprint density at radius 3 is 2.77 bits per heavy atom. The molecule has 0 atom stereocenters. The highest BCUT2D eigenvalue weighted by molar-refractivity contribution is 7.89. The quantitative estimate of drug-likeness (QED) is 0.499. The number of sulfonamides is 1. The fraction of sp³-hybridized carbons (Fsp3) is 0.200.